The number of aromatic nitrogens is 1. The molecule has 0 aliphatic carbocycles. The number of furan rings is 1. The lowest BCUT2D eigenvalue weighted by Gasteiger charge is -2.32. The maximum atomic E-state index is 6.21. The van der Waals surface area contributed by atoms with E-state index in [2.05, 4.69) is 83.8 Å². The molecule has 36 heavy (non-hydrogen) atoms. The average molecular weight is 483 g/mol. The summed E-state index contributed by atoms with van der Waals surface area (Å²) in [7, 11) is 0. The van der Waals surface area contributed by atoms with E-state index in [1.54, 1.807) is 0 Å². The van der Waals surface area contributed by atoms with E-state index in [-0.39, 0.29) is 0 Å². The number of hydrogen-bond donors (Lipinski definition) is 0. The van der Waals surface area contributed by atoms with Crippen molar-refractivity contribution in [1.29, 1.82) is 0 Å². The monoisotopic (exact) mass is 482 g/mol. The van der Waals surface area contributed by atoms with Crippen LogP contribution in [0.3, 0.4) is 0 Å². The summed E-state index contributed by atoms with van der Waals surface area (Å²) < 4.78 is 12.2. The molecule has 5 heteroatoms. The SMILES string of the molecule is c1ccc2c(c1)Sc1ccccc1N2c1ccc(-c2nc3cc4oc5ccccc5c4cc3o2)cc1. The maximum Gasteiger partial charge on any atom is 0.227 e. The predicted octanol–water partition coefficient (Wildman–Crippen LogP) is 9.33. The number of benzene rings is 5. The zero-order chi connectivity index (χ0) is 23.6. The topological polar surface area (TPSA) is 42.4 Å². The number of oxazole rings is 1. The second-order valence-corrected chi connectivity index (χ2v) is 9.94. The first-order valence-corrected chi connectivity index (χ1v) is 12.6. The summed E-state index contributed by atoms with van der Waals surface area (Å²) in [6, 6.07) is 37.5. The molecule has 0 saturated heterocycles. The van der Waals surface area contributed by atoms with Crippen LogP contribution in [0.15, 0.2) is 128 Å². The molecule has 0 fully saturated rings. The normalized spacial score (nSPS) is 12.8. The van der Waals surface area contributed by atoms with Crippen molar-refractivity contribution in [3.8, 4) is 11.5 Å². The smallest absolute Gasteiger partial charge is 0.227 e. The third-order valence-electron chi connectivity index (χ3n) is 6.69. The molecule has 0 spiro atoms. The van der Waals surface area contributed by atoms with E-state index < -0.39 is 0 Å². The number of rotatable bonds is 2. The van der Waals surface area contributed by atoms with E-state index >= 15 is 0 Å². The Kier molecular flexibility index (Phi) is 4.13. The Morgan fingerprint density at radius 2 is 1.28 bits per heavy atom. The fourth-order valence-corrected chi connectivity index (χ4v) is 6.06. The molecule has 0 N–H and O–H groups in total. The quantitative estimate of drug-likeness (QED) is 0.245. The standard InChI is InChI=1S/C31H18N2O2S/c1-4-10-26-21(7-1)22-17-28-23(18-27(22)34-26)32-31(35-28)19-13-15-20(16-14-19)33-24-8-2-5-11-29(24)36-30-12-6-3-9-25(30)33/h1-18H. The van der Waals surface area contributed by atoms with Gasteiger partial charge >= 0.3 is 0 Å². The summed E-state index contributed by atoms with van der Waals surface area (Å²) >= 11 is 1.81. The van der Waals surface area contributed by atoms with Crippen LogP contribution in [-0.2, 0) is 0 Å². The zero-order valence-electron chi connectivity index (χ0n) is 19.0. The summed E-state index contributed by atoms with van der Waals surface area (Å²) in [5, 5.41) is 2.12. The van der Waals surface area contributed by atoms with Gasteiger partial charge in [0.05, 0.1) is 11.4 Å². The first kappa shape index (κ1) is 19.8. The molecular weight excluding hydrogens is 464 g/mol. The number of anilines is 3. The van der Waals surface area contributed by atoms with Gasteiger partial charge in [-0.05, 0) is 60.7 Å². The molecule has 1 aliphatic heterocycles. The van der Waals surface area contributed by atoms with Crippen LogP contribution in [0, 0.1) is 0 Å². The van der Waals surface area contributed by atoms with Crippen LogP contribution < -0.4 is 4.90 Å². The van der Waals surface area contributed by atoms with E-state index in [9.17, 15) is 0 Å². The molecule has 5 aromatic carbocycles. The summed E-state index contributed by atoms with van der Waals surface area (Å²) in [6.07, 6.45) is 0. The Hall–Kier alpha value is -4.48. The Morgan fingerprint density at radius 1 is 0.583 bits per heavy atom. The maximum absolute atomic E-state index is 6.21. The fourth-order valence-electron chi connectivity index (χ4n) is 5.01. The van der Waals surface area contributed by atoms with Crippen molar-refractivity contribution in [2.24, 2.45) is 0 Å². The van der Waals surface area contributed by atoms with Crippen molar-refractivity contribution < 1.29 is 8.83 Å². The van der Waals surface area contributed by atoms with Crippen LogP contribution >= 0.6 is 11.8 Å². The molecule has 4 nitrogen and oxygen atoms in total. The van der Waals surface area contributed by atoms with Crippen molar-refractivity contribution in [3.05, 3.63) is 109 Å². The van der Waals surface area contributed by atoms with Crippen LogP contribution in [0.2, 0.25) is 0 Å². The molecule has 0 radical (unpaired) electrons. The van der Waals surface area contributed by atoms with Gasteiger partial charge in [-0.15, -0.1) is 0 Å². The van der Waals surface area contributed by atoms with Crippen LogP contribution in [0.1, 0.15) is 0 Å². The molecule has 0 bridgehead atoms. The van der Waals surface area contributed by atoms with Crippen molar-refractivity contribution in [1.82, 2.24) is 4.98 Å². The van der Waals surface area contributed by atoms with Gasteiger partial charge in [0.25, 0.3) is 0 Å². The van der Waals surface area contributed by atoms with E-state index in [4.69, 9.17) is 13.8 Å². The van der Waals surface area contributed by atoms with Crippen molar-refractivity contribution in [3.63, 3.8) is 0 Å². The van der Waals surface area contributed by atoms with Gasteiger partial charge in [-0.1, -0.05) is 54.2 Å². The van der Waals surface area contributed by atoms with Gasteiger partial charge in [-0.2, -0.15) is 0 Å². The third kappa shape index (κ3) is 2.93. The minimum absolute atomic E-state index is 0.600. The lowest BCUT2D eigenvalue weighted by atomic mass is 10.1. The summed E-state index contributed by atoms with van der Waals surface area (Å²) in [5.74, 6) is 0.600. The third-order valence-corrected chi connectivity index (χ3v) is 7.82. The lowest BCUT2D eigenvalue weighted by Crippen LogP contribution is -2.14. The highest BCUT2D eigenvalue weighted by atomic mass is 32.2. The minimum Gasteiger partial charge on any atom is -0.456 e. The summed E-state index contributed by atoms with van der Waals surface area (Å²) in [5.41, 5.74) is 7.63. The average Bonchev–Trinajstić information content (AvgIpc) is 3.51. The van der Waals surface area contributed by atoms with Crippen LogP contribution in [-0.4, -0.2) is 4.98 Å². The summed E-state index contributed by atoms with van der Waals surface area (Å²) in [4.78, 5) is 9.58. The Bertz CT molecular complexity index is 1890. The lowest BCUT2D eigenvalue weighted by molar-refractivity contribution is 0.620. The van der Waals surface area contributed by atoms with Crippen LogP contribution in [0.4, 0.5) is 17.1 Å². The fraction of sp³-hybridized carbons (Fsp3) is 0. The molecule has 1 aliphatic rings. The first-order chi connectivity index (χ1) is 17.8. The van der Waals surface area contributed by atoms with Crippen molar-refractivity contribution >= 4 is 61.9 Å². The highest BCUT2D eigenvalue weighted by molar-refractivity contribution is 7.99. The number of nitrogens with zero attached hydrogens (tertiary/aromatic N) is 2. The van der Waals surface area contributed by atoms with Crippen LogP contribution in [0.5, 0.6) is 0 Å². The van der Waals surface area contributed by atoms with Gasteiger partial charge in [0.15, 0.2) is 5.58 Å². The molecule has 0 saturated carbocycles. The number of fused-ring (bicyclic) bond motifs is 6. The molecule has 0 amide bonds. The molecular formula is C31H18N2O2S. The summed E-state index contributed by atoms with van der Waals surface area (Å²) in [6.45, 7) is 0. The predicted molar refractivity (Wildman–Crippen MR) is 146 cm³/mol. The largest absolute Gasteiger partial charge is 0.456 e. The second kappa shape index (κ2) is 7.51. The zero-order valence-corrected chi connectivity index (χ0v) is 19.8. The first-order valence-electron chi connectivity index (χ1n) is 11.8. The molecule has 0 unspecified atom stereocenters. The number of para-hydroxylation sites is 3. The molecule has 7 aromatic rings. The van der Waals surface area contributed by atoms with Gasteiger partial charge in [-0.3, -0.25) is 0 Å². The second-order valence-electron chi connectivity index (χ2n) is 8.85. The molecule has 170 valence electrons. The van der Waals surface area contributed by atoms with Gasteiger partial charge in [0, 0.05) is 37.9 Å². The minimum atomic E-state index is 0.600. The van der Waals surface area contributed by atoms with Gasteiger partial charge < -0.3 is 13.7 Å². The highest BCUT2D eigenvalue weighted by Crippen LogP contribution is 2.51. The van der Waals surface area contributed by atoms with Gasteiger partial charge in [-0.25, -0.2) is 4.98 Å². The molecule has 8 rings (SSSR count). The molecule has 2 aromatic heterocycles. The number of hydrogen-bond acceptors (Lipinski definition) is 5. The van der Waals surface area contributed by atoms with E-state index in [0.29, 0.717) is 5.89 Å². The van der Waals surface area contributed by atoms with E-state index in [1.165, 1.54) is 21.2 Å². The van der Waals surface area contributed by atoms with Gasteiger partial charge in [0.1, 0.15) is 16.7 Å². The Balaban J connectivity index is 1.21. The molecule has 0 atom stereocenters. The molecule has 3 heterocycles. The van der Waals surface area contributed by atoms with Gasteiger partial charge in [0.2, 0.25) is 5.89 Å². The van der Waals surface area contributed by atoms with Crippen molar-refractivity contribution in [2.75, 3.05) is 4.90 Å². The Labute approximate surface area is 210 Å². The van der Waals surface area contributed by atoms with E-state index in [1.807, 2.05) is 42.1 Å². The highest BCUT2D eigenvalue weighted by Gasteiger charge is 2.24. The van der Waals surface area contributed by atoms with Crippen LogP contribution in [0.25, 0.3) is 44.5 Å². The van der Waals surface area contributed by atoms with Crippen molar-refractivity contribution in [2.45, 2.75) is 9.79 Å². The van der Waals surface area contributed by atoms with E-state index in [0.717, 1.165) is 44.3 Å². The Morgan fingerprint density at radius 3 is 2.06 bits per heavy atom.